The van der Waals surface area contributed by atoms with Crippen LogP contribution in [0.4, 0.5) is 13.2 Å². The van der Waals surface area contributed by atoms with Crippen molar-refractivity contribution in [3.8, 4) is 0 Å². The lowest BCUT2D eigenvalue weighted by Gasteiger charge is -2.06. The Balaban J connectivity index is 2.61. The Hall–Kier alpha value is -0.670. The molecule has 0 aromatic rings. The van der Waals surface area contributed by atoms with Crippen LogP contribution in [0, 0.1) is 6.54 Å². The smallest absolute Gasteiger partial charge is 0.371 e. The molecule has 1 aliphatic rings. The molecule has 0 saturated carbocycles. The molecule has 0 fully saturated rings. The van der Waals surface area contributed by atoms with Gasteiger partial charge < -0.3 is 5.32 Å². The molecular weight excluding hydrogens is 131 g/mol. The van der Waals surface area contributed by atoms with E-state index < -0.39 is 11.9 Å². The molecule has 1 rings (SSSR count). The van der Waals surface area contributed by atoms with Gasteiger partial charge >= 0.3 is 6.18 Å². The molecule has 0 bridgehead atoms. The molecule has 0 aromatic carbocycles. The summed E-state index contributed by atoms with van der Waals surface area (Å²) in [4.78, 5) is 0. The maximum absolute atomic E-state index is 11.6. The minimum atomic E-state index is -4.23. The van der Waals surface area contributed by atoms with Crippen molar-refractivity contribution < 1.29 is 13.2 Å². The average molecular weight is 135 g/mol. The van der Waals surface area contributed by atoms with Gasteiger partial charge in [0.15, 0.2) is 0 Å². The van der Waals surface area contributed by atoms with E-state index in [4.69, 9.17) is 0 Å². The molecule has 0 aliphatic carbocycles. The predicted octanol–water partition coefficient (Wildman–Crippen LogP) is 1.46. The highest BCUT2D eigenvalue weighted by molar-refractivity contribution is 5.14. The van der Waals surface area contributed by atoms with Gasteiger partial charge in [-0.1, -0.05) is 6.08 Å². The van der Waals surface area contributed by atoms with E-state index in [9.17, 15) is 13.2 Å². The van der Waals surface area contributed by atoms with E-state index in [1.807, 2.05) is 5.32 Å². The molecule has 0 unspecified atom stereocenters. The minimum Gasteiger partial charge on any atom is -0.371 e. The maximum atomic E-state index is 11.6. The third-order valence-electron chi connectivity index (χ3n) is 0.937. The molecule has 1 heterocycles. The minimum absolute atomic E-state index is 0.231. The Labute approximate surface area is 50.6 Å². The predicted molar refractivity (Wildman–Crippen MR) is 25.1 cm³/mol. The quantitative estimate of drug-likeness (QED) is 0.530. The lowest BCUT2D eigenvalue weighted by molar-refractivity contribution is -0.0951. The highest BCUT2D eigenvalue weighted by atomic mass is 19.4. The third-order valence-corrected chi connectivity index (χ3v) is 0.937. The van der Waals surface area contributed by atoms with Crippen LogP contribution in [0.15, 0.2) is 11.8 Å². The van der Waals surface area contributed by atoms with E-state index in [0.29, 0.717) is 0 Å². The summed E-state index contributed by atoms with van der Waals surface area (Å²) in [7, 11) is 0. The van der Waals surface area contributed by atoms with E-state index >= 15 is 0 Å². The van der Waals surface area contributed by atoms with Crippen LogP contribution in [0.25, 0.3) is 0 Å². The molecule has 0 atom stereocenters. The maximum Gasteiger partial charge on any atom is 0.430 e. The summed E-state index contributed by atoms with van der Waals surface area (Å²) in [5.41, 5.74) is -0.706. The Morgan fingerprint density at radius 3 is 2.44 bits per heavy atom. The van der Waals surface area contributed by atoms with Crippen molar-refractivity contribution in [2.45, 2.75) is 12.6 Å². The van der Waals surface area contributed by atoms with Crippen LogP contribution in [-0.4, -0.2) is 6.18 Å². The topological polar surface area (TPSA) is 12.0 Å². The van der Waals surface area contributed by atoms with Gasteiger partial charge in [-0.15, -0.1) is 0 Å². The van der Waals surface area contributed by atoms with Crippen molar-refractivity contribution in [1.82, 2.24) is 5.32 Å². The number of hydrogen-bond acceptors (Lipinski definition) is 1. The molecule has 0 aromatic heterocycles. The van der Waals surface area contributed by atoms with E-state index in [2.05, 4.69) is 6.54 Å². The van der Waals surface area contributed by atoms with Crippen LogP contribution < -0.4 is 5.32 Å². The third kappa shape index (κ3) is 1.37. The number of hydrogen-bond donors (Lipinski definition) is 1. The second kappa shape index (κ2) is 1.93. The Bertz CT molecular complexity index is 136. The second-order valence-corrected chi connectivity index (χ2v) is 1.62. The van der Waals surface area contributed by atoms with Gasteiger partial charge in [0.2, 0.25) is 0 Å². The monoisotopic (exact) mass is 135 g/mol. The zero-order valence-electron chi connectivity index (χ0n) is 4.42. The normalized spacial score (nSPS) is 19.2. The first-order valence-corrected chi connectivity index (χ1v) is 2.37. The molecule has 1 N–H and O–H groups in total. The summed E-state index contributed by atoms with van der Waals surface area (Å²) in [6.45, 7) is 2.32. The summed E-state index contributed by atoms with van der Waals surface area (Å²) >= 11 is 0. The Kier molecular flexibility index (Phi) is 1.38. The summed E-state index contributed by atoms with van der Waals surface area (Å²) in [6.07, 6.45) is -2.95. The number of alkyl halides is 3. The standard InChI is InChI=1S/C5H4F3N/c6-5(7,8)4-2-1-3-9-4/h2,9H,1H2. The Morgan fingerprint density at radius 1 is 1.56 bits per heavy atom. The Morgan fingerprint density at radius 2 is 2.22 bits per heavy atom. The molecule has 1 nitrogen and oxygen atoms in total. The molecule has 0 saturated heterocycles. The van der Waals surface area contributed by atoms with E-state index in [1.165, 1.54) is 0 Å². The van der Waals surface area contributed by atoms with Crippen molar-refractivity contribution in [1.29, 1.82) is 0 Å². The van der Waals surface area contributed by atoms with Crippen molar-refractivity contribution in [3.63, 3.8) is 0 Å². The fourth-order valence-corrected chi connectivity index (χ4v) is 0.537. The van der Waals surface area contributed by atoms with Crippen LogP contribution in [-0.2, 0) is 0 Å². The number of nitrogens with one attached hydrogen (secondary N) is 1. The van der Waals surface area contributed by atoms with Crippen LogP contribution >= 0.6 is 0 Å². The van der Waals surface area contributed by atoms with Gasteiger partial charge in [-0.25, -0.2) is 0 Å². The average Bonchev–Trinajstić information content (AvgIpc) is 2.08. The van der Waals surface area contributed by atoms with E-state index in [1.54, 1.807) is 0 Å². The molecule has 1 aliphatic heterocycles. The molecule has 2 radical (unpaired) electrons. The fraction of sp³-hybridized carbons (Fsp3) is 0.400. The lowest BCUT2D eigenvalue weighted by atomic mass is 10.4. The number of halogens is 3. The molecule has 4 heteroatoms. The first kappa shape index (κ1) is 6.45. The van der Waals surface area contributed by atoms with E-state index in [0.717, 1.165) is 6.08 Å². The number of rotatable bonds is 0. The van der Waals surface area contributed by atoms with Gasteiger partial charge in [-0.05, 0) is 6.42 Å². The highest BCUT2D eigenvalue weighted by Gasteiger charge is 2.34. The molecule has 0 spiro atoms. The molecule has 9 heavy (non-hydrogen) atoms. The van der Waals surface area contributed by atoms with Crippen LogP contribution in [0.3, 0.4) is 0 Å². The molecule has 50 valence electrons. The van der Waals surface area contributed by atoms with Crippen LogP contribution in [0.1, 0.15) is 6.42 Å². The largest absolute Gasteiger partial charge is 0.430 e. The van der Waals surface area contributed by atoms with E-state index in [-0.39, 0.29) is 6.42 Å². The van der Waals surface area contributed by atoms with Crippen molar-refractivity contribution >= 4 is 0 Å². The van der Waals surface area contributed by atoms with Gasteiger partial charge in [-0.2, -0.15) is 13.2 Å². The van der Waals surface area contributed by atoms with Crippen molar-refractivity contribution in [3.05, 3.63) is 18.3 Å². The number of allylic oxidation sites excluding steroid dienone is 1. The van der Waals surface area contributed by atoms with Gasteiger partial charge in [-0.3, -0.25) is 0 Å². The van der Waals surface area contributed by atoms with Gasteiger partial charge in [0.25, 0.3) is 0 Å². The summed E-state index contributed by atoms with van der Waals surface area (Å²) in [6, 6.07) is 0. The zero-order chi connectivity index (χ0) is 6.91. The van der Waals surface area contributed by atoms with Gasteiger partial charge in [0, 0.05) is 0 Å². The van der Waals surface area contributed by atoms with Crippen LogP contribution in [0.5, 0.6) is 0 Å². The van der Waals surface area contributed by atoms with Crippen molar-refractivity contribution in [2.75, 3.05) is 0 Å². The molecular formula is C5H4F3N. The van der Waals surface area contributed by atoms with Crippen molar-refractivity contribution in [2.24, 2.45) is 0 Å². The summed E-state index contributed by atoms with van der Waals surface area (Å²) in [5, 5.41) is 1.98. The lowest BCUT2D eigenvalue weighted by Crippen LogP contribution is -2.20. The van der Waals surface area contributed by atoms with Crippen LogP contribution in [0.2, 0.25) is 0 Å². The summed E-state index contributed by atoms with van der Waals surface area (Å²) < 4.78 is 34.8. The van der Waals surface area contributed by atoms with Gasteiger partial charge in [0.05, 0.1) is 6.54 Å². The first-order valence-electron chi connectivity index (χ1n) is 2.37. The molecule has 0 amide bonds. The fourth-order valence-electron chi connectivity index (χ4n) is 0.537. The summed E-state index contributed by atoms with van der Waals surface area (Å²) in [5.74, 6) is 0. The highest BCUT2D eigenvalue weighted by Crippen LogP contribution is 2.26. The second-order valence-electron chi connectivity index (χ2n) is 1.62. The first-order chi connectivity index (χ1) is 4.11. The zero-order valence-corrected chi connectivity index (χ0v) is 4.42. The van der Waals surface area contributed by atoms with Gasteiger partial charge in [0.1, 0.15) is 5.70 Å². The SMILES string of the molecule is FC(F)(F)C1=CC[C]N1.